The van der Waals surface area contributed by atoms with Crippen molar-refractivity contribution < 1.29 is 23.8 Å². The van der Waals surface area contributed by atoms with E-state index in [0.717, 1.165) is 11.1 Å². The number of carbonyl (C=O) groups excluding carboxylic acids is 2. The number of urea groups is 1. The van der Waals surface area contributed by atoms with Gasteiger partial charge in [-0.15, -0.1) is 0 Å². The molecule has 31 heavy (non-hydrogen) atoms. The Morgan fingerprint density at radius 3 is 2.74 bits per heavy atom. The van der Waals surface area contributed by atoms with Gasteiger partial charge < -0.3 is 29.5 Å². The second kappa shape index (κ2) is 9.66. The summed E-state index contributed by atoms with van der Waals surface area (Å²) in [5.41, 5.74) is 1.52. The number of benzene rings is 1. The van der Waals surface area contributed by atoms with E-state index < -0.39 is 23.6 Å². The zero-order valence-corrected chi connectivity index (χ0v) is 17.1. The Morgan fingerprint density at radius 2 is 2.03 bits per heavy atom. The molecule has 0 aliphatic carbocycles. The van der Waals surface area contributed by atoms with Crippen molar-refractivity contribution in [1.82, 2.24) is 9.88 Å². The van der Waals surface area contributed by atoms with Crippen LogP contribution in [-0.4, -0.2) is 28.3 Å². The van der Waals surface area contributed by atoms with Crippen LogP contribution in [0.1, 0.15) is 24.9 Å². The molecule has 0 saturated heterocycles. The van der Waals surface area contributed by atoms with Crippen LogP contribution in [0, 0.1) is 0 Å². The third-order valence-electron chi connectivity index (χ3n) is 4.61. The highest BCUT2D eigenvalue weighted by atomic mass is 16.5. The van der Waals surface area contributed by atoms with Crippen molar-refractivity contribution in [3.05, 3.63) is 71.0 Å². The van der Waals surface area contributed by atoms with Crippen LogP contribution < -0.4 is 16.2 Å². The number of carbonyl (C=O) groups is 2. The number of esters is 1. The summed E-state index contributed by atoms with van der Waals surface area (Å²) < 4.78 is 11.4. The molecule has 3 rings (SSSR count). The topological polar surface area (TPSA) is 123 Å². The molecule has 162 valence electrons. The SMILES string of the molecule is CCOC(=O)CC(NC(=O)Nc1c(O)ccn(C)c1=O)c1cccc(-c2ccoc2)c1. The maximum Gasteiger partial charge on any atom is 0.319 e. The summed E-state index contributed by atoms with van der Waals surface area (Å²) in [5, 5.41) is 15.0. The minimum Gasteiger partial charge on any atom is -0.505 e. The van der Waals surface area contributed by atoms with Gasteiger partial charge in [-0.2, -0.15) is 0 Å². The summed E-state index contributed by atoms with van der Waals surface area (Å²) in [4.78, 5) is 36.9. The van der Waals surface area contributed by atoms with Crippen molar-refractivity contribution >= 4 is 17.7 Å². The van der Waals surface area contributed by atoms with Crippen molar-refractivity contribution in [2.45, 2.75) is 19.4 Å². The van der Waals surface area contributed by atoms with Crippen LogP contribution in [0.3, 0.4) is 0 Å². The predicted molar refractivity (Wildman–Crippen MR) is 114 cm³/mol. The highest BCUT2D eigenvalue weighted by molar-refractivity contribution is 5.91. The van der Waals surface area contributed by atoms with E-state index in [1.54, 1.807) is 37.6 Å². The molecule has 0 bridgehead atoms. The molecule has 2 aromatic heterocycles. The number of rotatable bonds is 7. The normalized spacial score (nSPS) is 11.5. The van der Waals surface area contributed by atoms with E-state index in [1.807, 2.05) is 12.1 Å². The van der Waals surface area contributed by atoms with Gasteiger partial charge in [-0.05, 0) is 36.2 Å². The summed E-state index contributed by atoms with van der Waals surface area (Å²) in [7, 11) is 1.50. The van der Waals surface area contributed by atoms with E-state index in [1.165, 1.54) is 23.9 Å². The van der Waals surface area contributed by atoms with E-state index in [9.17, 15) is 19.5 Å². The van der Waals surface area contributed by atoms with E-state index in [0.29, 0.717) is 5.56 Å². The molecule has 3 N–H and O–H groups in total. The molecule has 0 spiro atoms. The second-order valence-electron chi connectivity index (χ2n) is 6.79. The molecule has 2 heterocycles. The van der Waals surface area contributed by atoms with Gasteiger partial charge in [0.25, 0.3) is 5.56 Å². The van der Waals surface area contributed by atoms with E-state index in [4.69, 9.17) is 9.15 Å². The molecule has 1 aromatic carbocycles. The molecule has 9 heteroatoms. The average molecular weight is 425 g/mol. The number of pyridine rings is 1. The maximum atomic E-state index is 12.6. The smallest absolute Gasteiger partial charge is 0.319 e. The fraction of sp³-hybridized carbons (Fsp3) is 0.227. The average Bonchev–Trinajstić information content (AvgIpc) is 3.29. The molecule has 1 atom stereocenters. The van der Waals surface area contributed by atoms with Gasteiger partial charge in [-0.25, -0.2) is 4.79 Å². The number of amides is 2. The van der Waals surface area contributed by atoms with Crippen molar-refractivity contribution in [3.8, 4) is 16.9 Å². The first-order chi connectivity index (χ1) is 14.9. The first-order valence-electron chi connectivity index (χ1n) is 9.63. The Labute approximate surface area is 178 Å². The lowest BCUT2D eigenvalue weighted by Gasteiger charge is -2.20. The monoisotopic (exact) mass is 425 g/mol. The van der Waals surface area contributed by atoms with Gasteiger partial charge in [0.2, 0.25) is 0 Å². The molecule has 9 nitrogen and oxygen atoms in total. The van der Waals surface area contributed by atoms with E-state index in [2.05, 4.69) is 10.6 Å². The van der Waals surface area contributed by atoms with Gasteiger partial charge in [0.1, 0.15) is 5.75 Å². The van der Waals surface area contributed by atoms with Crippen LogP contribution in [0.4, 0.5) is 10.5 Å². The van der Waals surface area contributed by atoms with Gasteiger partial charge in [0, 0.05) is 18.8 Å². The molecule has 0 aliphatic rings. The van der Waals surface area contributed by atoms with Crippen molar-refractivity contribution in [3.63, 3.8) is 0 Å². The van der Waals surface area contributed by atoms with Crippen LogP contribution in [0.15, 0.2) is 64.3 Å². The zero-order chi connectivity index (χ0) is 22.4. The summed E-state index contributed by atoms with van der Waals surface area (Å²) in [5.74, 6) is -0.845. The number of nitrogens with zero attached hydrogens (tertiary/aromatic N) is 1. The van der Waals surface area contributed by atoms with Crippen LogP contribution in [0.25, 0.3) is 11.1 Å². The highest BCUT2D eigenvalue weighted by Crippen LogP contribution is 2.26. The number of aromatic hydroxyl groups is 1. The number of furan rings is 1. The summed E-state index contributed by atoms with van der Waals surface area (Å²) in [6.07, 6.45) is 4.41. The Hall–Kier alpha value is -4.01. The lowest BCUT2D eigenvalue weighted by molar-refractivity contribution is -0.143. The summed E-state index contributed by atoms with van der Waals surface area (Å²) in [6.45, 7) is 1.90. The molecule has 0 aliphatic heterocycles. The van der Waals surface area contributed by atoms with Crippen LogP contribution in [0.5, 0.6) is 5.75 Å². The first-order valence-corrected chi connectivity index (χ1v) is 9.63. The third-order valence-corrected chi connectivity index (χ3v) is 4.61. The van der Waals surface area contributed by atoms with Gasteiger partial charge >= 0.3 is 12.0 Å². The van der Waals surface area contributed by atoms with Crippen molar-refractivity contribution in [1.29, 1.82) is 0 Å². The minimum absolute atomic E-state index is 0.116. The highest BCUT2D eigenvalue weighted by Gasteiger charge is 2.21. The number of hydrogen-bond donors (Lipinski definition) is 3. The van der Waals surface area contributed by atoms with Gasteiger partial charge in [0.15, 0.2) is 5.69 Å². The Balaban J connectivity index is 1.85. The number of ether oxygens (including phenoxy) is 1. The number of nitrogens with one attached hydrogen (secondary N) is 2. The molecular formula is C22H23N3O6. The van der Waals surface area contributed by atoms with E-state index >= 15 is 0 Å². The fourth-order valence-electron chi connectivity index (χ4n) is 3.05. The van der Waals surface area contributed by atoms with Crippen molar-refractivity contribution in [2.75, 3.05) is 11.9 Å². The van der Waals surface area contributed by atoms with Crippen LogP contribution in [-0.2, 0) is 16.6 Å². The lowest BCUT2D eigenvalue weighted by Crippen LogP contribution is -2.36. The Bertz CT molecular complexity index is 1120. The zero-order valence-electron chi connectivity index (χ0n) is 17.1. The van der Waals surface area contributed by atoms with Crippen molar-refractivity contribution in [2.24, 2.45) is 7.05 Å². The number of aryl methyl sites for hydroxylation is 1. The van der Waals surface area contributed by atoms with Gasteiger partial charge in [-0.3, -0.25) is 9.59 Å². The molecule has 2 amide bonds. The molecule has 0 radical (unpaired) electrons. The fourth-order valence-corrected chi connectivity index (χ4v) is 3.05. The molecule has 3 aromatic rings. The van der Waals surface area contributed by atoms with Gasteiger partial charge in [-0.1, -0.05) is 18.2 Å². The summed E-state index contributed by atoms with van der Waals surface area (Å²) >= 11 is 0. The second-order valence-corrected chi connectivity index (χ2v) is 6.79. The number of hydrogen-bond acceptors (Lipinski definition) is 6. The van der Waals surface area contributed by atoms with Crippen LogP contribution >= 0.6 is 0 Å². The maximum absolute atomic E-state index is 12.6. The third kappa shape index (κ3) is 5.33. The van der Waals surface area contributed by atoms with E-state index in [-0.39, 0.29) is 24.5 Å². The quantitative estimate of drug-likeness (QED) is 0.500. The largest absolute Gasteiger partial charge is 0.505 e. The molecular weight excluding hydrogens is 402 g/mol. The number of anilines is 1. The molecule has 1 unspecified atom stereocenters. The van der Waals surface area contributed by atoms with Crippen LogP contribution in [0.2, 0.25) is 0 Å². The standard InChI is InChI=1S/C22H23N3O6/c1-3-31-19(27)12-17(15-6-4-5-14(11-15)16-8-10-30-13-16)23-22(29)24-20-18(26)7-9-25(2)21(20)28/h4-11,13,17,26H,3,12H2,1-2H3,(H2,23,24,29). The predicted octanol–water partition coefficient (Wildman–Crippen LogP) is 3.17. The minimum atomic E-state index is -0.749. The molecule has 0 saturated carbocycles. The first kappa shape index (κ1) is 21.7. The Morgan fingerprint density at radius 1 is 1.23 bits per heavy atom. The lowest BCUT2D eigenvalue weighted by atomic mass is 9.99. The number of aromatic nitrogens is 1. The molecule has 0 fully saturated rings. The summed E-state index contributed by atoms with van der Waals surface area (Å²) in [6, 6.07) is 8.88. The van der Waals surface area contributed by atoms with Gasteiger partial charge in [0.05, 0.1) is 31.6 Å². The Kier molecular flexibility index (Phi) is 6.76.